The van der Waals surface area contributed by atoms with Gasteiger partial charge in [0.15, 0.2) is 0 Å². The first-order valence-corrected chi connectivity index (χ1v) is 5.89. The van der Waals surface area contributed by atoms with Gasteiger partial charge in [-0.2, -0.15) is 0 Å². The van der Waals surface area contributed by atoms with Gasteiger partial charge in [0.2, 0.25) is 5.91 Å². The van der Waals surface area contributed by atoms with Crippen molar-refractivity contribution >= 4 is 5.91 Å². The molecule has 1 aliphatic heterocycles. The Hall–Kier alpha value is -1.55. The predicted molar refractivity (Wildman–Crippen MR) is 63.6 cm³/mol. The summed E-state index contributed by atoms with van der Waals surface area (Å²) < 4.78 is 0. The Morgan fingerprint density at radius 2 is 1.94 bits per heavy atom. The Bertz CT molecular complexity index is 397. The lowest BCUT2D eigenvalue weighted by atomic mass is 10.1. The van der Waals surface area contributed by atoms with Gasteiger partial charge in [-0.05, 0) is 18.9 Å². The van der Waals surface area contributed by atoms with Gasteiger partial charge >= 0.3 is 0 Å². The molecule has 0 bridgehead atoms. The number of phenolic OH excluding ortho intramolecular Hbond substituents is 1. The van der Waals surface area contributed by atoms with Crippen LogP contribution in [-0.4, -0.2) is 40.2 Å². The van der Waals surface area contributed by atoms with Crippen molar-refractivity contribution in [2.24, 2.45) is 0 Å². The van der Waals surface area contributed by atoms with Gasteiger partial charge in [0, 0.05) is 18.7 Å². The van der Waals surface area contributed by atoms with Crippen molar-refractivity contribution < 1.29 is 15.0 Å². The smallest absolute Gasteiger partial charge is 0.227 e. The number of aliphatic hydroxyl groups is 1. The Morgan fingerprint density at radius 1 is 1.29 bits per heavy atom. The van der Waals surface area contributed by atoms with E-state index in [0.29, 0.717) is 31.5 Å². The molecule has 1 amide bonds. The van der Waals surface area contributed by atoms with Crippen LogP contribution in [0.2, 0.25) is 0 Å². The number of nitrogens with zero attached hydrogens (tertiary/aromatic N) is 1. The van der Waals surface area contributed by atoms with Crippen molar-refractivity contribution in [3.8, 4) is 5.75 Å². The molecule has 1 aromatic carbocycles. The number of carbonyl (C=O) groups is 1. The Balaban J connectivity index is 1.95. The van der Waals surface area contributed by atoms with E-state index < -0.39 is 0 Å². The molecule has 92 valence electrons. The molecule has 0 aliphatic carbocycles. The topological polar surface area (TPSA) is 60.8 Å². The molecule has 4 nitrogen and oxygen atoms in total. The van der Waals surface area contributed by atoms with Gasteiger partial charge in [-0.1, -0.05) is 18.2 Å². The van der Waals surface area contributed by atoms with Gasteiger partial charge in [0.1, 0.15) is 5.75 Å². The van der Waals surface area contributed by atoms with E-state index in [0.717, 1.165) is 0 Å². The maximum absolute atomic E-state index is 12.0. The lowest BCUT2D eigenvalue weighted by Crippen LogP contribution is -2.40. The van der Waals surface area contributed by atoms with Gasteiger partial charge in [0.25, 0.3) is 0 Å². The number of phenols is 1. The highest BCUT2D eigenvalue weighted by Crippen LogP contribution is 2.18. The number of rotatable bonds is 2. The van der Waals surface area contributed by atoms with Crippen molar-refractivity contribution in [3.63, 3.8) is 0 Å². The first kappa shape index (κ1) is 11.9. The van der Waals surface area contributed by atoms with Crippen LogP contribution >= 0.6 is 0 Å². The molecule has 0 unspecified atom stereocenters. The highest BCUT2D eigenvalue weighted by molar-refractivity contribution is 5.79. The summed E-state index contributed by atoms with van der Waals surface area (Å²) >= 11 is 0. The quantitative estimate of drug-likeness (QED) is 0.801. The number of amides is 1. The van der Waals surface area contributed by atoms with Crippen LogP contribution in [0.1, 0.15) is 18.4 Å². The van der Waals surface area contributed by atoms with Crippen LogP contribution in [0, 0.1) is 0 Å². The summed E-state index contributed by atoms with van der Waals surface area (Å²) in [7, 11) is 0. The summed E-state index contributed by atoms with van der Waals surface area (Å²) in [4.78, 5) is 13.7. The second-order valence-corrected chi connectivity index (χ2v) is 4.42. The summed E-state index contributed by atoms with van der Waals surface area (Å²) in [6.45, 7) is 1.21. The van der Waals surface area contributed by atoms with Crippen molar-refractivity contribution in [1.82, 2.24) is 4.90 Å². The molecule has 0 saturated carbocycles. The summed E-state index contributed by atoms with van der Waals surface area (Å²) in [6.07, 6.45) is 1.24. The molecule has 1 aromatic rings. The van der Waals surface area contributed by atoms with E-state index in [1.54, 1.807) is 23.1 Å². The largest absolute Gasteiger partial charge is 0.508 e. The fourth-order valence-electron chi connectivity index (χ4n) is 2.05. The highest BCUT2D eigenvalue weighted by atomic mass is 16.3. The molecule has 2 rings (SSSR count). The SMILES string of the molecule is O=C(Cc1ccccc1O)N1CCC(O)CC1. The summed E-state index contributed by atoms with van der Waals surface area (Å²) in [5, 5.41) is 19.0. The minimum absolute atomic E-state index is 0.0124. The van der Waals surface area contributed by atoms with E-state index in [4.69, 9.17) is 0 Å². The maximum atomic E-state index is 12.0. The lowest BCUT2D eigenvalue weighted by molar-refractivity contribution is -0.132. The summed E-state index contributed by atoms with van der Waals surface area (Å²) in [5.41, 5.74) is 0.656. The molecule has 0 radical (unpaired) electrons. The minimum Gasteiger partial charge on any atom is -0.508 e. The van der Waals surface area contributed by atoms with Crippen molar-refractivity contribution in [3.05, 3.63) is 29.8 Å². The van der Waals surface area contributed by atoms with Gasteiger partial charge in [-0.25, -0.2) is 0 Å². The molecule has 1 heterocycles. The fourth-order valence-corrected chi connectivity index (χ4v) is 2.05. The van der Waals surface area contributed by atoms with E-state index in [1.807, 2.05) is 6.07 Å². The second-order valence-electron chi connectivity index (χ2n) is 4.42. The number of aliphatic hydroxyl groups excluding tert-OH is 1. The van der Waals surface area contributed by atoms with E-state index in [9.17, 15) is 15.0 Å². The van der Waals surface area contributed by atoms with Crippen LogP contribution < -0.4 is 0 Å². The Morgan fingerprint density at radius 3 is 2.59 bits per heavy atom. The number of hydrogen-bond acceptors (Lipinski definition) is 3. The number of benzene rings is 1. The van der Waals surface area contributed by atoms with Gasteiger partial charge in [-0.3, -0.25) is 4.79 Å². The van der Waals surface area contributed by atoms with Crippen LogP contribution in [0.15, 0.2) is 24.3 Å². The molecule has 0 aromatic heterocycles. The number of hydrogen-bond donors (Lipinski definition) is 2. The lowest BCUT2D eigenvalue weighted by Gasteiger charge is -2.29. The molecule has 1 saturated heterocycles. The van der Waals surface area contributed by atoms with E-state index in [1.165, 1.54) is 0 Å². The number of piperidine rings is 1. The van der Waals surface area contributed by atoms with Crippen molar-refractivity contribution in [2.75, 3.05) is 13.1 Å². The third-order valence-corrected chi connectivity index (χ3v) is 3.15. The Labute approximate surface area is 100 Å². The predicted octanol–water partition coefficient (Wildman–Crippen LogP) is 0.918. The molecular weight excluding hydrogens is 218 g/mol. The third-order valence-electron chi connectivity index (χ3n) is 3.15. The van der Waals surface area contributed by atoms with Crippen LogP contribution in [-0.2, 0) is 11.2 Å². The molecule has 1 fully saturated rings. The highest BCUT2D eigenvalue weighted by Gasteiger charge is 2.21. The molecule has 4 heteroatoms. The zero-order valence-corrected chi connectivity index (χ0v) is 9.67. The summed E-state index contributed by atoms with van der Waals surface area (Å²) in [6, 6.07) is 6.89. The van der Waals surface area contributed by atoms with E-state index in [-0.39, 0.29) is 24.2 Å². The third kappa shape index (κ3) is 2.97. The zero-order chi connectivity index (χ0) is 12.3. The Kier molecular flexibility index (Phi) is 3.64. The molecule has 0 atom stereocenters. The standard InChI is InChI=1S/C13H17NO3/c15-11-5-7-14(8-6-11)13(17)9-10-3-1-2-4-12(10)16/h1-4,11,15-16H,5-9H2. The molecular formula is C13H17NO3. The average Bonchev–Trinajstić information content (AvgIpc) is 2.33. The number of para-hydroxylation sites is 1. The van der Waals surface area contributed by atoms with Gasteiger partial charge in [-0.15, -0.1) is 0 Å². The first-order chi connectivity index (χ1) is 8.16. The molecule has 2 N–H and O–H groups in total. The average molecular weight is 235 g/mol. The summed E-state index contributed by atoms with van der Waals surface area (Å²) in [5.74, 6) is 0.177. The van der Waals surface area contributed by atoms with Gasteiger partial charge < -0.3 is 15.1 Å². The molecule has 0 spiro atoms. The van der Waals surface area contributed by atoms with Crippen molar-refractivity contribution in [2.45, 2.75) is 25.4 Å². The molecule has 1 aliphatic rings. The first-order valence-electron chi connectivity index (χ1n) is 5.89. The second kappa shape index (κ2) is 5.19. The van der Waals surface area contributed by atoms with E-state index >= 15 is 0 Å². The monoisotopic (exact) mass is 235 g/mol. The number of aromatic hydroxyl groups is 1. The van der Waals surface area contributed by atoms with Gasteiger partial charge in [0.05, 0.1) is 12.5 Å². The minimum atomic E-state index is -0.274. The van der Waals surface area contributed by atoms with Crippen LogP contribution in [0.5, 0.6) is 5.75 Å². The van der Waals surface area contributed by atoms with Crippen molar-refractivity contribution in [1.29, 1.82) is 0 Å². The maximum Gasteiger partial charge on any atom is 0.227 e. The van der Waals surface area contributed by atoms with E-state index in [2.05, 4.69) is 0 Å². The van der Waals surface area contributed by atoms with Crippen LogP contribution in [0.25, 0.3) is 0 Å². The van der Waals surface area contributed by atoms with Crippen LogP contribution in [0.4, 0.5) is 0 Å². The zero-order valence-electron chi connectivity index (χ0n) is 9.67. The number of carbonyl (C=O) groups excluding carboxylic acids is 1. The van der Waals surface area contributed by atoms with Crippen LogP contribution in [0.3, 0.4) is 0 Å². The normalized spacial score (nSPS) is 17.1. The molecule has 17 heavy (non-hydrogen) atoms. The fraction of sp³-hybridized carbons (Fsp3) is 0.462. The number of likely N-dealkylation sites (tertiary alicyclic amines) is 1.